The topological polar surface area (TPSA) is 37.4 Å². The van der Waals surface area contributed by atoms with Crippen molar-refractivity contribution < 1.29 is 8.42 Å². The maximum absolute atomic E-state index is 11.9. The van der Waals surface area contributed by atoms with E-state index in [2.05, 4.69) is 0 Å². The summed E-state index contributed by atoms with van der Waals surface area (Å²) in [7, 11) is -3.19. The summed E-state index contributed by atoms with van der Waals surface area (Å²) in [4.78, 5) is 0. The molecule has 0 aliphatic carbocycles. The Balaban J connectivity index is 4.66. The highest BCUT2D eigenvalue weighted by molar-refractivity contribution is 7.89. The number of rotatable bonds is 6. The van der Waals surface area contributed by atoms with Gasteiger partial charge in [0.1, 0.15) is 0 Å². The second kappa shape index (κ2) is 5.93. The Morgan fingerprint density at radius 1 is 1.29 bits per heavy atom. The summed E-state index contributed by atoms with van der Waals surface area (Å²) in [5, 5.41) is -0.497. The molecule has 14 heavy (non-hydrogen) atoms. The molecule has 3 nitrogen and oxygen atoms in total. The summed E-state index contributed by atoms with van der Waals surface area (Å²) in [5.41, 5.74) is 0. The minimum Gasteiger partial charge on any atom is -0.212 e. The van der Waals surface area contributed by atoms with Crippen molar-refractivity contribution in [1.29, 1.82) is 0 Å². The Bertz CT molecular complexity index is 252. The third-order valence-electron chi connectivity index (χ3n) is 2.01. The molecule has 0 fully saturated rings. The first-order valence-electron chi connectivity index (χ1n) is 4.91. The molecular weight excluding hydrogens is 222 g/mol. The van der Waals surface area contributed by atoms with Crippen molar-refractivity contribution in [2.24, 2.45) is 5.92 Å². The van der Waals surface area contributed by atoms with Gasteiger partial charge in [0.2, 0.25) is 10.0 Å². The Labute approximate surface area is 92.5 Å². The molecule has 0 N–H and O–H groups in total. The van der Waals surface area contributed by atoms with E-state index in [9.17, 15) is 8.42 Å². The fourth-order valence-corrected chi connectivity index (χ4v) is 3.17. The zero-order valence-corrected chi connectivity index (χ0v) is 10.9. The van der Waals surface area contributed by atoms with Crippen LogP contribution in [0.1, 0.15) is 27.7 Å². The van der Waals surface area contributed by atoms with E-state index in [4.69, 9.17) is 11.6 Å². The van der Waals surface area contributed by atoms with Crippen LogP contribution in [0.5, 0.6) is 0 Å². The highest BCUT2D eigenvalue weighted by Crippen LogP contribution is 2.12. The molecule has 0 rings (SSSR count). The molecule has 0 aliphatic rings. The summed E-state index contributed by atoms with van der Waals surface area (Å²) in [5.74, 6) is 0.490. The van der Waals surface area contributed by atoms with Crippen molar-refractivity contribution >= 4 is 21.6 Å². The zero-order valence-electron chi connectivity index (χ0n) is 9.33. The second-order valence-electron chi connectivity index (χ2n) is 3.85. The summed E-state index contributed by atoms with van der Waals surface area (Å²) in [6.45, 7) is 8.58. The number of halogens is 1. The Hall–Kier alpha value is 0.200. The molecule has 1 unspecified atom stereocenters. The van der Waals surface area contributed by atoms with Gasteiger partial charge >= 0.3 is 0 Å². The van der Waals surface area contributed by atoms with Crippen LogP contribution in [0.3, 0.4) is 0 Å². The van der Waals surface area contributed by atoms with E-state index >= 15 is 0 Å². The Morgan fingerprint density at radius 3 is 2.07 bits per heavy atom. The molecular formula is C9H20ClNO2S. The fourth-order valence-electron chi connectivity index (χ4n) is 1.15. The van der Waals surface area contributed by atoms with Crippen molar-refractivity contribution in [3.63, 3.8) is 0 Å². The molecule has 0 aromatic rings. The number of hydrogen-bond donors (Lipinski definition) is 0. The van der Waals surface area contributed by atoms with Gasteiger partial charge in [-0.25, -0.2) is 12.7 Å². The first-order chi connectivity index (χ1) is 6.36. The van der Waals surface area contributed by atoms with E-state index in [0.29, 0.717) is 19.0 Å². The van der Waals surface area contributed by atoms with Crippen LogP contribution >= 0.6 is 11.6 Å². The lowest BCUT2D eigenvalue weighted by molar-refractivity contribution is 0.377. The first-order valence-corrected chi connectivity index (χ1v) is 6.94. The van der Waals surface area contributed by atoms with Gasteiger partial charge in [-0.1, -0.05) is 20.8 Å². The van der Waals surface area contributed by atoms with Gasteiger partial charge < -0.3 is 0 Å². The van der Waals surface area contributed by atoms with Gasteiger partial charge in [0.15, 0.2) is 0 Å². The molecule has 0 amide bonds. The highest BCUT2D eigenvalue weighted by atomic mass is 35.5. The molecule has 1 atom stereocenters. The van der Waals surface area contributed by atoms with Crippen LogP contribution in [0.15, 0.2) is 0 Å². The van der Waals surface area contributed by atoms with Crippen LogP contribution in [0.4, 0.5) is 0 Å². The molecule has 0 radical (unpaired) electrons. The lowest BCUT2D eigenvalue weighted by Crippen LogP contribution is -2.40. The predicted octanol–water partition coefficient (Wildman–Crippen LogP) is 1.92. The van der Waals surface area contributed by atoms with Crippen molar-refractivity contribution in [2.45, 2.75) is 32.9 Å². The highest BCUT2D eigenvalue weighted by Gasteiger charge is 2.27. The molecule has 0 heterocycles. The summed E-state index contributed by atoms with van der Waals surface area (Å²) in [6, 6.07) is 0. The van der Waals surface area contributed by atoms with Crippen LogP contribution in [-0.2, 0) is 10.0 Å². The van der Waals surface area contributed by atoms with E-state index < -0.39 is 15.3 Å². The maximum atomic E-state index is 11.9. The summed E-state index contributed by atoms with van der Waals surface area (Å²) >= 11 is 5.57. The van der Waals surface area contributed by atoms with Crippen molar-refractivity contribution in [3.8, 4) is 0 Å². The van der Waals surface area contributed by atoms with Gasteiger partial charge in [-0.3, -0.25) is 0 Å². The molecule has 0 saturated carbocycles. The van der Waals surface area contributed by atoms with Gasteiger partial charge in [0.25, 0.3) is 0 Å². The molecule has 0 aliphatic heterocycles. The number of alkyl halides is 1. The summed E-state index contributed by atoms with van der Waals surface area (Å²) < 4.78 is 25.2. The lowest BCUT2D eigenvalue weighted by atomic mass is 10.2. The van der Waals surface area contributed by atoms with Crippen molar-refractivity contribution in [2.75, 3.05) is 19.0 Å². The van der Waals surface area contributed by atoms with Crippen molar-refractivity contribution in [3.05, 3.63) is 0 Å². The van der Waals surface area contributed by atoms with E-state index in [1.165, 1.54) is 4.31 Å². The Morgan fingerprint density at radius 2 is 1.79 bits per heavy atom. The molecule has 0 saturated heterocycles. The van der Waals surface area contributed by atoms with Crippen molar-refractivity contribution in [1.82, 2.24) is 4.31 Å². The lowest BCUT2D eigenvalue weighted by Gasteiger charge is -2.25. The third kappa shape index (κ3) is 3.75. The zero-order chi connectivity index (χ0) is 11.4. The molecule has 86 valence electrons. The smallest absolute Gasteiger partial charge is 0.212 e. The monoisotopic (exact) mass is 241 g/mol. The largest absolute Gasteiger partial charge is 0.217 e. The average Bonchev–Trinajstić information content (AvgIpc) is 2.12. The van der Waals surface area contributed by atoms with Crippen LogP contribution < -0.4 is 0 Å². The minimum atomic E-state index is -3.19. The van der Waals surface area contributed by atoms with Gasteiger partial charge in [0.05, 0.1) is 5.25 Å². The number of sulfonamides is 1. The Kier molecular flexibility index (Phi) is 6.02. The molecule has 0 spiro atoms. The molecule has 0 bridgehead atoms. The predicted molar refractivity (Wildman–Crippen MR) is 61.2 cm³/mol. The van der Waals surface area contributed by atoms with Crippen LogP contribution in [-0.4, -0.2) is 36.9 Å². The van der Waals surface area contributed by atoms with E-state index in [1.807, 2.05) is 20.8 Å². The van der Waals surface area contributed by atoms with Gasteiger partial charge in [-0.05, 0) is 12.8 Å². The summed E-state index contributed by atoms with van der Waals surface area (Å²) in [6.07, 6.45) is 0. The first kappa shape index (κ1) is 14.2. The third-order valence-corrected chi connectivity index (χ3v) is 4.96. The van der Waals surface area contributed by atoms with E-state index in [1.54, 1.807) is 6.92 Å². The van der Waals surface area contributed by atoms with E-state index in [-0.39, 0.29) is 5.88 Å². The SMILES string of the molecule is CCN(CC(C)C)S(=O)(=O)C(C)CCl. The number of nitrogens with zero attached hydrogens (tertiary/aromatic N) is 1. The molecule has 5 heteroatoms. The van der Waals surface area contributed by atoms with E-state index in [0.717, 1.165) is 0 Å². The van der Waals surface area contributed by atoms with Crippen LogP contribution in [0.2, 0.25) is 0 Å². The van der Waals surface area contributed by atoms with Gasteiger partial charge in [-0.2, -0.15) is 0 Å². The second-order valence-corrected chi connectivity index (χ2v) is 6.51. The molecule has 0 aromatic heterocycles. The standard InChI is InChI=1S/C9H20ClNO2S/c1-5-11(7-8(2)3)14(12,13)9(4)6-10/h8-9H,5-7H2,1-4H3. The molecule has 0 aromatic carbocycles. The fraction of sp³-hybridized carbons (Fsp3) is 1.00. The van der Waals surface area contributed by atoms with Crippen LogP contribution in [0, 0.1) is 5.92 Å². The minimum absolute atomic E-state index is 0.150. The quantitative estimate of drug-likeness (QED) is 0.667. The number of hydrogen-bond acceptors (Lipinski definition) is 2. The normalized spacial score (nSPS) is 15.1. The van der Waals surface area contributed by atoms with Crippen LogP contribution in [0.25, 0.3) is 0 Å². The average molecular weight is 242 g/mol. The van der Waals surface area contributed by atoms with Gasteiger partial charge in [-0.15, -0.1) is 11.6 Å². The maximum Gasteiger partial charge on any atom is 0.217 e. The van der Waals surface area contributed by atoms with Gasteiger partial charge in [0, 0.05) is 19.0 Å².